The van der Waals surface area contributed by atoms with Gasteiger partial charge in [0, 0.05) is 30.1 Å². The first-order chi connectivity index (χ1) is 12.7. The number of para-hydroxylation sites is 1. The summed E-state index contributed by atoms with van der Waals surface area (Å²) in [6, 6.07) is 14.1. The molecule has 0 aliphatic heterocycles. The van der Waals surface area contributed by atoms with Gasteiger partial charge in [-0.25, -0.2) is 4.39 Å². The van der Waals surface area contributed by atoms with Crippen LogP contribution in [-0.4, -0.2) is 24.0 Å². The number of amides is 1. The Kier molecular flexibility index (Phi) is 6.25. The van der Waals surface area contributed by atoms with Crippen molar-refractivity contribution in [2.24, 2.45) is 0 Å². The van der Waals surface area contributed by atoms with E-state index in [1.54, 1.807) is 12.1 Å². The quantitative estimate of drug-likeness (QED) is 0.566. The van der Waals surface area contributed by atoms with E-state index in [0.29, 0.717) is 25.3 Å². The van der Waals surface area contributed by atoms with E-state index >= 15 is 0 Å². The summed E-state index contributed by atoms with van der Waals surface area (Å²) < 4.78 is 18.3. The van der Waals surface area contributed by atoms with E-state index in [9.17, 15) is 9.18 Å². The van der Waals surface area contributed by atoms with E-state index < -0.39 is 0 Å². The smallest absolute Gasteiger partial charge is 0.220 e. The van der Waals surface area contributed by atoms with E-state index in [2.05, 4.69) is 16.4 Å². The van der Waals surface area contributed by atoms with Crippen LogP contribution >= 0.6 is 0 Å². The largest absolute Gasteiger partial charge is 0.494 e. The summed E-state index contributed by atoms with van der Waals surface area (Å²) in [6.45, 7) is 1.19. The van der Waals surface area contributed by atoms with E-state index in [1.807, 2.05) is 24.4 Å². The molecule has 3 aromatic rings. The number of carbonyl (C=O) groups excluding carboxylic acids is 1. The number of unbranched alkanes of at least 4 members (excludes halogenated alkanes) is 1. The molecule has 1 heterocycles. The summed E-state index contributed by atoms with van der Waals surface area (Å²) in [6.07, 6.45) is 4.86. The molecule has 4 nitrogen and oxygen atoms in total. The van der Waals surface area contributed by atoms with Gasteiger partial charge < -0.3 is 15.0 Å². The fourth-order valence-corrected chi connectivity index (χ4v) is 2.85. The zero-order valence-corrected chi connectivity index (χ0v) is 14.6. The number of aryl methyl sites for hydroxylation is 1. The third-order valence-electron chi connectivity index (χ3n) is 4.27. The van der Waals surface area contributed by atoms with Crippen molar-refractivity contribution in [2.45, 2.75) is 25.7 Å². The van der Waals surface area contributed by atoms with E-state index in [0.717, 1.165) is 24.8 Å². The first kappa shape index (κ1) is 18.0. The third kappa shape index (κ3) is 5.09. The zero-order chi connectivity index (χ0) is 18.2. The zero-order valence-electron chi connectivity index (χ0n) is 14.6. The van der Waals surface area contributed by atoms with Crippen LogP contribution in [0.25, 0.3) is 10.9 Å². The minimum absolute atomic E-state index is 0.0646. The lowest BCUT2D eigenvalue weighted by Gasteiger charge is -2.07. The molecule has 0 fully saturated rings. The van der Waals surface area contributed by atoms with Crippen molar-refractivity contribution in [1.29, 1.82) is 0 Å². The van der Waals surface area contributed by atoms with Crippen molar-refractivity contribution in [3.8, 4) is 5.75 Å². The molecule has 0 aliphatic carbocycles. The number of H-pyrrole nitrogens is 1. The van der Waals surface area contributed by atoms with Gasteiger partial charge >= 0.3 is 0 Å². The Morgan fingerprint density at radius 1 is 1.08 bits per heavy atom. The summed E-state index contributed by atoms with van der Waals surface area (Å²) in [5, 5.41) is 4.12. The molecule has 0 saturated heterocycles. The molecule has 2 aromatic carbocycles. The van der Waals surface area contributed by atoms with Gasteiger partial charge in [-0.05, 0) is 55.2 Å². The van der Waals surface area contributed by atoms with Crippen LogP contribution in [0.3, 0.4) is 0 Å². The van der Waals surface area contributed by atoms with Gasteiger partial charge in [-0.2, -0.15) is 0 Å². The van der Waals surface area contributed by atoms with Crippen molar-refractivity contribution in [2.75, 3.05) is 13.2 Å². The molecule has 1 aromatic heterocycles. The molecule has 5 heteroatoms. The second-order valence-electron chi connectivity index (χ2n) is 6.22. The van der Waals surface area contributed by atoms with E-state index in [4.69, 9.17) is 4.74 Å². The Hall–Kier alpha value is -2.82. The summed E-state index contributed by atoms with van der Waals surface area (Å²) in [5.74, 6) is 0.455. The van der Waals surface area contributed by atoms with E-state index in [-0.39, 0.29) is 11.7 Å². The summed E-state index contributed by atoms with van der Waals surface area (Å²) in [4.78, 5) is 15.2. The fourth-order valence-electron chi connectivity index (χ4n) is 2.85. The van der Waals surface area contributed by atoms with Crippen LogP contribution in [0.1, 0.15) is 24.8 Å². The highest BCUT2D eigenvalue weighted by Gasteiger charge is 2.06. The van der Waals surface area contributed by atoms with Gasteiger partial charge in [-0.1, -0.05) is 18.2 Å². The minimum atomic E-state index is -0.271. The molecule has 0 aliphatic rings. The van der Waals surface area contributed by atoms with Gasteiger partial charge in [0.2, 0.25) is 5.91 Å². The highest BCUT2D eigenvalue weighted by atomic mass is 19.1. The Morgan fingerprint density at radius 2 is 1.88 bits per heavy atom. The van der Waals surface area contributed by atoms with Gasteiger partial charge in [0.25, 0.3) is 0 Å². The predicted molar refractivity (Wildman–Crippen MR) is 101 cm³/mol. The van der Waals surface area contributed by atoms with Gasteiger partial charge in [0.15, 0.2) is 0 Å². The molecule has 0 spiro atoms. The summed E-state index contributed by atoms with van der Waals surface area (Å²) >= 11 is 0. The maximum absolute atomic E-state index is 12.8. The number of rotatable bonds is 9. The molecular weight excluding hydrogens is 331 g/mol. The molecule has 0 saturated carbocycles. The SMILES string of the molecule is O=C(CCc1c[nH]c2ccccc12)NCCCCOc1ccc(F)cc1. The first-order valence-electron chi connectivity index (χ1n) is 8.92. The van der Waals surface area contributed by atoms with Crippen molar-refractivity contribution >= 4 is 16.8 Å². The molecule has 1 amide bonds. The molecule has 3 rings (SSSR count). The Balaban J connectivity index is 1.29. The maximum Gasteiger partial charge on any atom is 0.220 e. The van der Waals surface area contributed by atoms with Crippen molar-refractivity contribution < 1.29 is 13.9 Å². The molecule has 0 unspecified atom stereocenters. The number of carbonyl (C=O) groups is 1. The molecule has 26 heavy (non-hydrogen) atoms. The Labute approximate surface area is 152 Å². The number of hydrogen-bond donors (Lipinski definition) is 2. The summed E-state index contributed by atoms with van der Waals surface area (Å²) in [7, 11) is 0. The molecular formula is C21H23FN2O2. The number of hydrogen-bond acceptors (Lipinski definition) is 2. The van der Waals surface area contributed by atoms with Crippen LogP contribution in [0.15, 0.2) is 54.7 Å². The molecule has 0 atom stereocenters. The van der Waals surface area contributed by atoms with Crippen LogP contribution in [-0.2, 0) is 11.2 Å². The van der Waals surface area contributed by atoms with Gasteiger partial charge in [0.1, 0.15) is 11.6 Å². The number of halogens is 1. The van der Waals surface area contributed by atoms with Crippen molar-refractivity contribution in [1.82, 2.24) is 10.3 Å². The van der Waals surface area contributed by atoms with Crippen LogP contribution in [0, 0.1) is 5.82 Å². The third-order valence-corrected chi connectivity index (χ3v) is 4.27. The lowest BCUT2D eigenvalue weighted by Crippen LogP contribution is -2.24. The van der Waals surface area contributed by atoms with Gasteiger partial charge in [-0.3, -0.25) is 4.79 Å². The second kappa shape index (κ2) is 9.04. The second-order valence-corrected chi connectivity index (χ2v) is 6.22. The number of ether oxygens (including phenoxy) is 1. The Morgan fingerprint density at radius 3 is 2.73 bits per heavy atom. The number of benzene rings is 2. The van der Waals surface area contributed by atoms with Crippen molar-refractivity contribution in [3.05, 3.63) is 66.1 Å². The van der Waals surface area contributed by atoms with Gasteiger partial charge in [0.05, 0.1) is 6.61 Å². The molecule has 0 radical (unpaired) electrons. The number of nitrogens with one attached hydrogen (secondary N) is 2. The first-order valence-corrected chi connectivity index (χ1v) is 8.92. The molecule has 0 bridgehead atoms. The van der Waals surface area contributed by atoms with Crippen LogP contribution in [0.4, 0.5) is 4.39 Å². The molecule has 136 valence electrons. The fraction of sp³-hybridized carbons (Fsp3) is 0.286. The minimum Gasteiger partial charge on any atom is -0.494 e. The van der Waals surface area contributed by atoms with Crippen LogP contribution in [0.2, 0.25) is 0 Å². The predicted octanol–water partition coefficient (Wildman–Crippen LogP) is 4.22. The van der Waals surface area contributed by atoms with Crippen LogP contribution in [0.5, 0.6) is 5.75 Å². The Bertz CT molecular complexity index is 843. The highest BCUT2D eigenvalue weighted by molar-refractivity contribution is 5.84. The topological polar surface area (TPSA) is 54.1 Å². The number of fused-ring (bicyclic) bond motifs is 1. The average Bonchev–Trinajstić information content (AvgIpc) is 3.07. The lowest BCUT2D eigenvalue weighted by molar-refractivity contribution is -0.121. The average molecular weight is 354 g/mol. The lowest BCUT2D eigenvalue weighted by atomic mass is 10.1. The highest BCUT2D eigenvalue weighted by Crippen LogP contribution is 2.18. The summed E-state index contributed by atoms with van der Waals surface area (Å²) in [5.41, 5.74) is 2.27. The van der Waals surface area contributed by atoms with Crippen molar-refractivity contribution in [3.63, 3.8) is 0 Å². The normalized spacial score (nSPS) is 10.8. The van der Waals surface area contributed by atoms with Crippen LogP contribution < -0.4 is 10.1 Å². The van der Waals surface area contributed by atoms with Gasteiger partial charge in [-0.15, -0.1) is 0 Å². The number of aromatic amines is 1. The number of aromatic nitrogens is 1. The standard InChI is InChI=1S/C21H23FN2O2/c22-17-8-10-18(11-9-17)26-14-4-3-13-23-21(25)12-7-16-15-24-20-6-2-1-5-19(16)20/h1-2,5-6,8-11,15,24H,3-4,7,12-14H2,(H,23,25). The monoisotopic (exact) mass is 354 g/mol. The molecule has 2 N–H and O–H groups in total. The van der Waals surface area contributed by atoms with E-state index in [1.165, 1.54) is 23.1 Å². The maximum atomic E-state index is 12.8.